The maximum absolute atomic E-state index is 10.8. The van der Waals surface area contributed by atoms with Gasteiger partial charge in [0.05, 0.1) is 36.8 Å². The van der Waals surface area contributed by atoms with Gasteiger partial charge in [0.15, 0.2) is 0 Å². The van der Waals surface area contributed by atoms with Gasteiger partial charge in [-0.25, -0.2) is 0 Å². The summed E-state index contributed by atoms with van der Waals surface area (Å²) in [7, 11) is 0. The standard InChI is InChI=1S/C10H16N2O8.3Na.3H/c11-9(1-5(13)14,2-6(15)16)10(12,3-7(17)18)4-8(19)20;;;;;;/h1-4,11-12H2,(H,13,14)(H,15,16)(H,17,18)(H,19,20);;;;;;/q;3*+1;3*-1. The van der Waals surface area contributed by atoms with Crippen molar-refractivity contribution in [2.24, 2.45) is 11.5 Å². The van der Waals surface area contributed by atoms with Gasteiger partial charge in [-0.05, 0) is 0 Å². The molecule has 0 bridgehead atoms. The van der Waals surface area contributed by atoms with E-state index in [2.05, 4.69) is 0 Å². The molecule has 0 radical (unpaired) electrons. The molecule has 0 amide bonds. The zero-order chi connectivity index (χ0) is 16.1. The van der Waals surface area contributed by atoms with E-state index in [1.165, 1.54) is 0 Å². The molecule has 0 unspecified atom stereocenters. The van der Waals surface area contributed by atoms with E-state index in [4.69, 9.17) is 31.9 Å². The van der Waals surface area contributed by atoms with Crippen molar-refractivity contribution in [2.45, 2.75) is 36.8 Å². The van der Waals surface area contributed by atoms with Crippen molar-refractivity contribution in [1.82, 2.24) is 0 Å². The second kappa shape index (κ2) is 13.1. The quantitative estimate of drug-likeness (QED) is 0.213. The van der Waals surface area contributed by atoms with E-state index in [1.54, 1.807) is 0 Å². The largest absolute Gasteiger partial charge is 1.00 e. The zero-order valence-electron chi connectivity index (χ0n) is 16.4. The average molecular weight is 364 g/mol. The van der Waals surface area contributed by atoms with Crippen LogP contribution < -0.4 is 100 Å². The van der Waals surface area contributed by atoms with E-state index in [1.807, 2.05) is 0 Å². The summed E-state index contributed by atoms with van der Waals surface area (Å²) in [6.07, 6.45) is -3.90. The number of nitrogens with two attached hydrogens (primary N) is 2. The van der Waals surface area contributed by atoms with Crippen molar-refractivity contribution in [3.63, 3.8) is 0 Å². The van der Waals surface area contributed by atoms with Crippen LogP contribution in [-0.2, 0) is 19.2 Å². The van der Waals surface area contributed by atoms with Gasteiger partial charge in [0.25, 0.3) is 0 Å². The number of carboxylic acids is 4. The number of rotatable bonds is 9. The number of hydrogen-bond acceptors (Lipinski definition) is 6. The van der Waals surface area contributed by atoms with Crippen molar-refractivity contribution < 1.29 is 133 Å². The molecule has 0 heterocycles. The third-order valence-corrected chi connectivity index (χ3v) is 2.86. The molecule has 0 rings (SSSR count). The molecule has 0 aromatic carbocycles. The second-order valence-corrected chi connectivity index (χ2v) is 4.59. The Kier molecular flexibility index (Phi) is 17.9. The van der Waals surface area contributed by atoms with Crippen LogP contribution >= 0.6 is 0 Å². The maximum Gasteiger partial charge on any atom is 1.00 e. The molecule has 0 atom stereocenters. The second-order valence-electron chi connectivity index (χ2n) is 4.59. The molecule has 0 saturated heterocycles. The molecule has 0 fully saturated rings. The zero-order valence-corrected chi connectivity index (χ0v) is 19.4. The normalized spacial score (nSPS) is 10.3. The fourth-order valence-corrected chi connectivity index (χ4v) is 1.91. The van der Waals surface area contributed by atoms with Crippen LogP contribution in [0.5, 0.6) is 0 Å². The molecule has 0 aliphatic carbocycles. The van der Waals surface area contributed by atoms with E-state index >= 15 is 0 Å². The van der Waals surface area contributed by atoms with Crippen molar-refractivity contribution in [3.8, 4) is 0 Å². The molecule has 10 nitrogen and oxygen atoms in total. The summed E-state index contributed by atoms with van der Waals surface area (Å²) in [5, 5.41) is 35.1. The van der Waals surface area contributed by atoms with E-state index in [9.17, 15) is 19.2 Å². The maximum atomic E-state index is 10.8. The molecular formula is C10H19N2Na3O8. The van der Waals surface area contributed by atoms with Gasteiger partial charge in [-0.2, -0.15) is 0 Å². The fourth-order valence-electron chi connectivity index (χ4n) is 1.91. The van der Waals surface area contributed by atoms with Gasteiger partial charge in [0.1, 0.15) is 0 Å². The summed E-state index contributed by atoms with van der Waals surface area (Å²) >= 11 is 0. The Balaban J connectivity index is -0.000000120. The summed E-state index contributed by atoms with van der Waals surface area (Å²) in [6.45, 7) is 0. The molecule has 23 heavy (non-hydrogen) atoms. The average Bonchev–Trinajstić information content (AvgIpc) is 2.10. The van der Waals surface area contributed by atoms with Gasteiger partial charge in [-0.1, -0.05) is 0 Å². The Labute approximate surface area is 202 Å². The van der Waals surface area contributed by atoms with Gasteiger partial charge in [-0.15, -0.1) is 0 Å². The van der Waals surface area contributed by atoms with Crippen LogP contribution in [0.4, 0.5) is 0 Å². The number of carbonyl (C=O) groups is 4. The molecule has 0 spiro atoms. The fraction of sp³-hybridized carbons (Fsp3) is 0.600. The van der Waals surface area contributed by atoms with E-state index in [0.29, 0.717) is 0 Å². The molecule has 8 N–H and O–H groups in total. The summed E-state index contributed by atoms with van der Waals surface area (Å²) in [6, 6.07) is 0. The van der Waals surface area contributed by atoms with Crippen molar-refractivity contribution >= 4 is 23.9 Å². The smallest absolute Gasteiger partial charge is 1.00 e. The van der Waals surface area contributed by atoms with E-state index < -0.39 is 60.6 Å². The van der Waals surface area contributed by atoms with Gasteiger partial charge in [0, 0.05) is 0 Å². The predicted octanol–water partition coefficient (Wildman–Crippen LogP) is -10.4. The molecule has 0 aliphatic heterocycles. The van der Waals surface area contributed by atoms with Gasteiger partial charge in [0.2, 0.25) is 0 Å². The first-order chi connectivity index (χ1) is 8.92. The van der Waals surface area contributed by atoms with Gasteiger partial charge < -0.3 is 36.2 Å². The summed E-state index contributed by atoms with van der Waals surface area (Å²) < 4.78 is 0. The third kappa shape index (κ3) is 11.1. The molecule has 0 aliphatic rings. The Morgan fingerprint density at radius 1 is 0.609 bits per heavy atom. The molecule has 0 aromatic heterocycles. The van der Waals surface area contributed by atoms with E-state index in [0.717, 1.165) is 0 Å². The van der Waals surface area contributed by atoms with Crippen LogP contribution in [0, 0.1) is 0 Å². The van der Waals surface area contributed by atoms with Crippen LogP contribution in [0.15, 0.2) is 0 Å². The summed E-state index contributed by atoms with van der Waals surface area (Å²) in [4.78, 5) is 43.2. The molecular weight excluding hydrogens is 345 g/mol. The number of aliphatic carboxylic acids is 4. The topological polar surface area (TPSA) is 201 Å². The van der Waals surface area contributed by atoms with Crippen LogP contribution in [0.1, 0.15) is 30.0 Å². The minimum atomic E-state index is -2.22. The number of carboxylic acid groups (broad SMARTS) is 4. The Hall–Kier alpha value is 0.800. The summed E-state index contributed by atoms with van der Waals surface area (Å²) in [5.74, 6) is -6.06. The Morgan fingerprint density at radius 2 is 0.739 bits per heavy atom. The molecule has 120 valence electrons. The van der Waals surface area contributed by atoms with Crippen LogP contribution in [0.2, 0.25) is 0 Å². The van der Waals surface area contributed by atoms with Crippen LogP contribution in [0.3, 0.4) is 0 Å². The van der Waals surface area contributed by atoms with Gasteiger partial charge >= 0.3 is 113 Å². The SMILES string of the molecule is NC(CC(=O)O)(CC(=O)O)C(N)(CC(=O)O)CC(=O)O.[H-].[H-].[H-].[Na+].[Na+].[Na+]. The van der Waals surface area contributed by atoms with Crippen molar-refractivity contribution in [3.05, 3.63) is 0 Å². The number of hydrogen-bond donors (Lipinski definition) is 6. The van der Waals surface area contributed by atoms with Gasteiger partial charge in [-0.3, -0.25) is 19.2 Å². The predicted molar refractivity (Wildman–Crippen MR) is 66.2 cm³/mol. The molecule has 13 heteroatoms. The molecule has 0 aromatic rings. The summed E-state index contributed by atoms with van der Waals surface area (Å²) in [5.41, 5.74) is 6.88. The Morgan fingerprint density at radius 3 is 0.826 bits per heavy atom. The molecule has 0 saturated carbocycles. The minimum Gasteiger partial charge on any atom is -1.00 e. The van der Waals surface area contributed by atoms with Crippen molar-refractivity contribution in [2.75, 3.05) is 0 Å². The minimum absolute atomic E-state index is 0. The third-order valence-electron chi connectivity index (χ3n) is 2.86. The first-order valence-corrected chi connectivity index (χ1v) is 5.37. The monoisotopic (exact) mass is 364 g/mol. The van der Waals surface area contributed by atoms with Crippen molar-refractivity contribution in [1.29, 1.82) is 0 Å². The Bertz CT molecular complexity index is 387. The first-order valence-electron chi connectivity index (χ1n) is 5.37. The first kappa shape index (κ1) is 31.6. The van der Waals surface area contributed by atoms with Crippen LogP contribution in [0.25, 0.3) is 0 Å². The van der Waals surface area contributed by atoms with Crippen LogP contribution in [-0.4, -0.2) is 55.4 Å². The van der Waals surface area contributed by atoms with E-state index in [-0.39, 0.29) is 93.0 Å².